The molecule has 0 radical (unpaired) electrons. The van der Waals surface area contributed by atoms with Gasteiger partial charge in [-0.2, -0.15) is 0 Å². The van der Waals surface area contributed by atoms with Crippen LogP contribution in [-0.2, 0) is 0 Å². The van der Waals surface area contributed by atoms with Gasteiger partial charge < -0.3 is 10.2 Å². The van der Waals surface area contributed by atoms with Crippen molar-refractivity contribution in [2.75, 3.05) is 0 Å². The molecule has 0 aliphatic carbocycles. The summed E-state index contributed by atoms with van der Waals surface area (Å²) in [6, 6.07) is 7.71. The average molecular weight is 300 g/mol. The third kappa shape index (κ3) is 1.23. The smallest absolute Gasteiger partial charge is 0.172 e. The highest BCUT2D eigenvalue weighted by atomic mass is 127. The molecular weight excluding hydrogens is 291 g/mol. The minimum Gasteiger partial charge on any atom is -0.504 e. The van der Waals surface area contributed by atoms with Crippen molar-refractivity contribution in [2.45, 2.75) is 6.92 Å². The molecule has 2 aromatic rings. The predicted molar refractivity (Wildman–Crippen MR) is 64.7 cm³/mol. The topological polar surface area (TPSA) is 40.5 Å². The fourth-order valence-electron chi connectivity index (χ4n) is 1.54. The molecule has 2 nitrogen and oxygen atoms in total. The first-order valence-electron chi connectivity index (χ1n) is 4.21. The number of rotatable bonds is 0. The molecule has 0 aliphatic heterocycles. The Morgan fingerprint density at radius 2 is 1.57 bits per heavy atom. The van der Waals surface area contributed by atoms with Crippen molar-refractivity contribution in [2.24, 2.45) is 0 Å². The van der Waals surface area contributed by atoms with Crippen LogP contribution in [-0.4, -0.2) is 10.2 Å². The number of hydrogen-bond donors (Lipinski definition) is 2. The van der Waals surface area contributed by atoms with E-state index < -0.39 is 0 Å². The molecule has 2 aromatic carbocycles. The number of benzene rings is 2. The number of aromatic hydroxyl groups is 2. The zero-order chi connectivity index (χ0) is 10.3. The molecule has 0 unspecified atom stereocenters. The van der Waals surface area contributed by atoms with Crippen LogP contribution in [0, 0.1) is 10.5 Å². The van der Waals surface area contributed by atoms with E-state index in [0.717, 1.165) is 16.3 Å². The number of hydrogen-bond acceptors (Lipinski definition) is 2. The number of aryl methyl sites for hydroxylation is 1. The van der Waals surface area contributed by atoms with E-state index in [2.05, 4.69) is 0 Å². The third-order valence-electron chi connectivity index (χ3n) is 2.35. The van der Waals surface area contributed by atoms with Gasteiger partial charge in [-0.15, -0.1) is 0 Å². The van der Waals surface area contributed by atoms with Crippen LogP contribution in [0.4, 0.5) is 0 Å². The maximum Gasteiger partial charge on any atom is 0.172 e. The summed E-state index contributed by atoms with van der Waals surface area (Å²) in [5.41, 5.74) is 0.721. The van der Waals surface area contributed by atoms with Crippen LogP contribution in [0.1, 0.15) is 5.56 Å². The normalized spacial score (nSPS) is 10.7. The standard InChI is InChI=1S/C11H9IO2/c1-6-7-4-2-3-5-8(7)9(12)11(14)10(6)13/h2-5,13-14H,1H3. The van der Waals surface area contributed by atoms with E-state index >= 15 is 0 Å². The van der Waals surface area contributed by atoms with E-state index in [-0.39, 0.29) is 11.5 Å². The summed E-state index contributed by atoms with van der Waals surface area (Å²) in [7, 11) is 0. The lowest BCUT2D eigenvalue weighted by molar-refractivity contribution is 0.400. The molecule has 0 bridgehead atoms. The zero-order valence-electron chi connectivity index (χ0n) is 7.58. The zero-order valence-corrected chi connectivity index (χ0v) is 9.74. The summed E-state index contributed by atoms with van der Waals surface area (Å²) in [5.74, 6) is -0.0464. The van der Waals surface area contributed by atoms with E-state index in [9.17, 15) is 10.2 Å². The van der Waals surface area contributed by atoms with Crippen LogP contribution in [0.3, 0.4) is 0 Å². The van der Waals surface area contributed by atoms with Crippen LogP contribution < -0.4 is 0 Å². The van der Waals surface area contributed by atoms with Crippen molar-refractivity contribution in [1.29, 1.82) is 0 Å². The second kappa shape index (κ2) is 3.31. The fraction of sp³-hybridized carbons (Fsp3) is 0.0909. The predicted octanol–water partition coefficient (Wildman–Crippen LogP) is 3.16. The van der Waals surface area contributed by atoms with Gasteiger partial charge in [-0.05, 0) is 40.3 Å². The maximum atomic E-state index is 9.63. The Morgan fingerprint density at radius 3 is 2.21 bits per heavy atom. The van der Waals surface area contributed by atoms with Crippen LogP contribution in [0.15, 0.2) is 24.3 Å². The van der Waals surface area contributed by atoms with Crippen molar-refractivity contribution >= 4 is 33.4 Å². The van der Waals surface area contributed by atoms with Gasteiger partial charge in [-0.3, -0.25) is 0 Å². The van der Waals surface area contributed by atoms with Gasteiger partial charge in [0, 0.05) is 5.56 Å². The second-order valence-electron chi connectivity index (χ2n) is 3.18. The van der Waals surface area contributed by atoms with Gasteiger partial charge in [0.2, 0.25) is 0 Å². The van der Waals surface area contributed by atoms with Crippen molar-refractivity contribution in [3.63, 3.8) is 0 Å². The van der Waals surface area contributed by atoms with E-state index in [1.807, 2.05) is 46.9 Å². The quantitative estimate of drug-likeness (QED) is 0.579. The summed E-state index contributed by atoms with van der Waals surface area (Å²) in [6.07, 6.45) is 0. The van der Waals surface area contributed by atoms with Gasteiger partial charge in [0.05, 0.1) is 3.57 Å². The number of fused-ring (bicyclic) bond motifs is 1. The summed E-state index contributed by atoms with van der Waals surface area (Å²) in [6.45, 7) is 1.80. The highest BCUT2D eigenvalue weighted by Gasteiger charge is 2.13. The van der Waals surface area contributed by atoms with Crippen molar-refractivity contribution in [3.05, 3.63) is 33.4 Å². The van der Waals surface area contributed by atoms with Crippen molar-refractivity contribution < 1.29 is 10.2 Å². The Hall–Kier alpha value is -0.970. The van der Waals surface area contributed by atoms with Crippen LogP contribution in [0.2, 0.25) is 0 Å². The van der Waals surface area contributed by atoms with Crippen LogP contribution in [0.5, 0.6) is 11.5 Å². The molecule has 2 N–H and O–H groups in total. The first kappa shape index (κ1) is 9.58. The molecule has 2 rings (SSSR count). The van der Waals surface area contributed by atoms with Gasteiger partial charge in [-0.1, -0.05) is 24.3 Å². The number of phenols is 2. The summed E-state index contributed by atoms with van der Waals surface area (Å²) >= 11 is 2.03. The Bertz CT molecular complexity index is 460. The monoisotopic (exact) mass is 300 g/mol. The van der Waals surface area contributed by atoms with E-state index in [0.29, 0.717) is 3.57 Å². The highest BCUT2D eigenvalue weighted by Crippen LogP contribution is 2.39. The van der Waals surface area contributed by atoms with Crippen molar-refractivity contribution in [3.8, 4) is 11.5 Å². The molecule has 3 heteroatoms. The Kier molecular flexibility index (Phi) is 2.26. The molecule has 0 fully saturated rings. The lowest BCUT2D eigenvalue weighted by Crippen LogP contribution is -1.85. The van der Waals surface area contributed by atoms with Crippen LogP contribution >= 0.6 is 22.6 Å². The molecule has 0 saturated carbocycles. The Labute approximate surface area is 95.3 Å². The summed E-state index contributed by atoms with van der Waals surface area (Å²) in [5, 5.41) is 21.2. The van der Waals surface area contributed by atoms with Gasteiger partial charge in [0.15, 0.2) is 11.5 Å². The summed E-state index contributed by atoms with van der Waals surface area (Å²) in [4.78, 5) is 0. The van der Waals surface area contributed by atoms with Crippen molar-refractivity contribution in [1.82, 2.24) is 0 Å². The van der Waals surface area contributed by atoms with Gasteiger partial charge >= 0.3 is 0 Å². The minimum absolute atomic E-state index is 0.0203. The molecule has 0 spiro atoms. The SMILES string of the molecule is Cc1c(O)c(O)c(I)c2ccccc12. The molecule has 14 heavy (non-hydrogen) atoms. The van der Waals surface area contributed by atoms with Gasteiger partial charge in [0.1, 0.15) is 0 Å². The molecular formula is C11H9IO2. The highest BCUT2D eigenvalue weighted by molar-refractivity contribution is 14.1. The minimum atomic E-state index is -0.0261. The summed E-state index contributed by atoms with van der Waals surface area (Å²) < 4.78 is 0.696. The second-order valence-corrected chi connectivity index (χ2v) is 4.26. The largest absolute Gasteiger partial charge is 0.504 e. The Balaban J connectivity index is 3.02. The van der Waals surface area contributed by atoms with Gasteiger partial charge in [-0.25, -0.2) is 0 Å². The third-order valence-corrected chi connectivity index (χ3v) is 3.45. The van der Waals surface area contributed by atoms with E-state index in [1.165, 1.54) is 0 Å². The van der Waals surface area contributed by atoms with Crippen LogP contribution in [0.25, 0.3) is 10.8 Å². The lowest BCUT2D eigenvalue weighted by atomic mass is 10.0. The van der Waals surface area contributed by atoms with Gasteiger partial charge in [0.25, 0.3) is 0 Å². The molecule has 0 aliphatic rings. The average Bonchev–Trinajstić information content (AvgIpc) is 2.23. The Morgan fingerprint density at radius 1 is 1.00 bits per heavy atom. The first-order valence-corrected chi connectivity index (χ1v) is 5.29. The number of halogens is 1. The molecule has 0 amide bonds. The molecule has 0 atom stereocenters. The molecule has 0 aromatic heterocycles. The van der Waals surface area contributed by atoms with E-state index in [4.69, 9.17) is 0 Å². The van der Waals surface area contributed by atoms with E-state index in [1.54, 1.807) is 6.92 Å². The number of phenolic OH excluding ortho intramolecular Hbond substituents is 2. The molecule has 72 valence electrons. The first-order chi connectivity index (χ1) is 6.63. The lowest BCUT2D eigenvalue weighted by Gasteiger charge is -2.09. The maximum absolute atomic E-state index is 9.63. The molecule has 0 saturated heterocycles. The molecule has 0 heterocycles. The fourth-order valence-corrected chi connectivity index (χ4v) is 2.26.